The quantitative estimate of drug-likeness (QED) is 0.721. The van der Waals surface area contributed by atoms with Gasteiger partial charge in [0.25, 0.3) is 0 Å². The Labute approximate surface area is 119 Å². The summed E-state index contributed by atoms with van der Waals surface area (Å²) in [5.41, 5.74) is 3.27. The number of hydrogen-bond donors (Lipinski definition) is 1. The maximum Gasteiger partial charge on any atom is 0.00107 e. The third kappa shape index (κ3) is 5.78. The summed E-state index contributed by atoms with van der Waals surface area (Å²) < 4.78 is 0. The van der Waals surface area contributed by atoms with E-state index in [9.17, 15) is 0 Å². The average Bonchev–Trinajstić information content (AvgIpc) is 2.38. The van der Waals surface area contributed by atoms with E-state index in [0.717, 1.165) is 13.0 Å². The van der Waals surface area contributed by atoms with E-state index in [4.69, 9.17) is 0 Å². The number of hydrogen-bond acceptors (Lipinski definition) is 1. The molecular weight excluding hydrogens is 230 g/mol. The van der Waals surface area contributed by atoms with Crippen LogP contribution in [0, 0.1) is 5.41 Å². The highest BCUT2D eigenvalue weighted by Crippen LogP contribution is 2.28. The van der Waals surface area contributed by atoms with Crippen LogP contribution in [0.25, 0.3) is 0 Å². The zero-order valence-corrected chi connectivity index (χ0v) is 13.4. The van der Waals surface area contributed by atoms with Gasteiger partial charge in [-0.15, -0.1) is 0 Å². The summed E-state index contributed by atoms with van der Waals surface area (Å²) in [6, 6.07) is 9.73. The van der Waals surface area contributed by atoms with Gasteiger partial charge in [0.1, 0.15) is 0 Å². The van der Waals surface area contributed by atoms with Gasteiger partial charge in [-0.3, -0.25) is 0 Å². The molecule has 0 saturated heterocycles. The molecule has 0 spiro atoms. The minimum absolute atomic E-state index is 0.368. The molecule has 1 N–H and O–H groups in total. The number of rotatable bonds is 8. The van der Waals surface area contributed by atoms with Crippen LogP contribution in [0.5, 0.6) is 0 Å². The zero-order chi connectivity index (χ0) is 14.3. The Balaban J connectivity index is 2.69. The highest BCUT2D eigenvalue weighted by molar-refractivity contribution is 5.23. The van der Waals surface area contributed by atoms with Crippen molar-refractivity contribution >= 4 is 0 Å². The molecule has 1 unspecified atom stereocenters. The van der Waals surface area contributed by atoms with E-state index < -0.39 is 0 Å². The summed E-state index contributed by atoms with van der Waals surface area (Å²) in [5.74, 6) is 0. The Morgan fingerprint density at radius 3 is 2.11 bits per heavy atom. The normalized spacial score (nSPS) is 14.6. The fourth-order valence-electron chi connectivity index (χ4n) is 2.68. The molecule has 1 heteroatoms. The fraction of sp³-hybridized carbons (Fsp3) is 0.667. The van der Waals surface area contributed by atoms with E-state index >= 15 is 0 Å². The summed E-state index contributed by atoms with van der Waals surface area (Å²) in [4.78, 5) is 0. The van der Waals surface area contributed by atoms with E-state index in [-0.39, 0.29) is 0 Å². The van der Waals surface area contributed by atoms with Crippen molar-refractivity contribution in [1.29, 1.82) is 0 Å². The van der Waals surface area contributed by atoms with Gasteiger partial charge in [0.2, 0.25) is 0 Å². The van der Waals surface area contributed by atoms with Crippen molar-refractivity contribution in [2.75, 3.05) is 6.54 Å². The highest BCUT2D eigenvalue weighted by Gasteiger charge is 2.23. The van der Waals surface area contributed by atoms with Gasteiger partial charge in [-0.05, 0) is 35.8 Å². The van der Waals surface area contributed by atoms with Crippen molar-refractivity contribution in [1.82, 2.24) is 5.32 Å². The molecule has 0 aromatic heterocycles. The zero-order valence-electron chi connectivity index (χ0n) is 13.4. The highest BCUT2D eigenvalue weighted by atomic mass is 14.9. The molecule has 19 heavy (non-hydrogen) atoms. The molecule has 0 fully saturated rings. The van der Waals surface area contributed by atoms with Gasteiger partial charge in [-0.25, -0.2) is 0 Å². The van der Waals surface area contributed by atoms with Crippen molar-refractivity contribution < 1.29 is 0 Å². The van der Waals surface area contributed by atoms with Gasteiger partial charge in [0.05, 0.1) is 0 Å². The van der Waals surface area contributed by atoms with Crippen molar-refractivity contribution in [2.45, 2.75) is 66.3 Å². The minimum Gasteiger partial charge on any atom is -0.314 e. The Kier molecular flexibility index (Phi) is 6.57. The monoisotopic (exact) mass is 261 g/mol. The molecule has 1 aromatic carbocycles. The van der Waals surface area contributed by atoms with E-state index in [1.54, 1.807) is 0 Å². The van der Waals surface area contributed by atoms with E-state index in [0.29, 0.717) is 11.5 Å². The maximum atomic E-state index is 3.61. The van der Waals surface area contributed by atoms with Crippen LogP contribution in [-0.2, 0) is 12.8 Å². The Morgan fingerprint density at radius 1 is 1.05 bits per heavy atom. The van der Waals surface area contributed by atoms with Crippen molar-refractivity contribution in [3.63, 3.8) is 0 Å². The molecule has 0 radical (unpaired) electrons. The predicted octanol–water partition coefficient (Wildman–Crippen LogP) is 4.60. The van der Waals surface area contributed by atoms with Gasteiger partial charge < -0.3 is 5.32 Å². The van der Waals surface area contributed by atoms with E-state index in [1.807, 2.05) is 0 Å². The Bertz CT molecular complexity index is 352. The number of nitrogens with one attached hydrogen (secondary N) is 1. The van der Waals surface area contributed by atoms with Gasteiger partial charge in [-0.1, -0.05) is 65.3 Å². The molecular formula is C18H31N. The van der Waals surface area contributed by atoms with Gasteiger partial charge in [0, 0.05) is 12.6 Å². The maximum absolute atomic E-state index is 3.61. The molecule has 0 heterocycles. The smallest absolute Gasteiger partial charge is 0.00107 e. The van der Waals surface area contributed by atoms with Crippen LogP contribution in [-0.4, -0.2) is 12.6 Å². The molecule has 0 aliphatic heterocycles. The molecule has 0 saturated carbocycles. The Morgan fingerprint density at radius 2 is 1.63 bits per heavy atom. The second-order valence-electron chi connectivity index (χ2n) is 6.44. The number of benzene rings is 1. The van der Waals surface area contributed by atoms with Crippen molar-refractivity contribution in [3.05, 3.63) is 35.4 Å². The third-order valence-electron chi connectivity index (χ3n) is 3.85. The first-order valence-corrected chi connectivity index (χ1v) is 7.80. The van der Waals surface area contributed by atoms with Crippen LogP contribution in [0.3, 0.4) is 0 Å². The topological polar surface area (TPSA) is 12.0 Å². The van der Waals surface area contributed by atoms with Crippen LogP contribution in [0.2, 0.25) is 0 Å². The molecule has 1 atom stereocenters. The minimum atomic E-state index is 0.368. The van der Waals surface area contributed by atoms with E-state index in [1.165, 1.54) is 30.4 Å². The first-order valence-electron chi connectivity index (χ1n) is 7.80. The first kappa shape index (κ1) is 16.2. The molecule has 0 aliphatic rings. The lowest BCUT2D eigenvalue weighted by atomic mass is 9.79. The lowest BCUT2D eigenvalue weighted by molar-refractivity contribution is 0.267. The fourth-order valence-corrected chi connectivity index (χ4v) is 2.68. The average molecular weight is 261 g/mol. The molecule has 108 valence electrons. The van der Waals surface area contributed by atoms with Crippen LogP contribution in [0.4, 0.5) is 0 Å². The van der Waals surface area contributed by atoms with Gasteiger partial charge in [-0.2, -0.15) is 0 Å². The molecule has 0 bridgehead atoms. The summed E-state index contributed by atoms with van der Waals surface area (Å²) in [7, 11) is 0. The molecule has 0 amide bonds. The Hall–Kier alpha value is -0.820. The predicted molar refractivity (Wildman–Crippen MR) is 85.7 cm³/mol. The summed E-state index contributed by atoms with van der Waals surface area (Å²) in [6.07, 6.45) is 4.83. The molecule has 1 aromatic rings. The molecule has 0 aliphatic carbocycles. The van der Waals surface area contributed by atoms with Crippen LogP contribution in [0.1, 0.15) is 58.6 Å². The number of aryl methyl sites for hydroxylation is 1. The van der Waals surface area contributed by atoms with Crippen molar-refractivity contribution in [3.8, 4) is 0 Å². The lowest BCUT2D eigenvalue weighted by Crippen LogP contribution is -2.37. The third-order valence-corrected chi connectivity index (χ3v) is 3.85. The standard InChI is InChI=1S/C18H31N/c1-6-12-18(5,14-19-15(3)4)13-17-10-8-16(7-2)9-11-17/h8-11,15,19H,6-7,12-14H2,1-5H3. The SMILES string of the molecule is CCCC(C)(CNC(C)C)Cc1ccc(CC)cc1. The largest absolute Gasteiger partial charge is 0.314 e. The van der Waals surface area contributed by atoms with Crippen LogP contribution in [0.15, 0.2) is 24.3 Å². The molecule has 1 nitrogen and oxygen atoms in total. The summed E-state index contributed by atoms with van der Waals surface area (Å²) in [5, 5.41) is 3.61. The van der Waals surface area contributed by atoms with Crippen molar-refractivity contribution in [2.24, 2.45) is 5.41 Å². The van der Waals surface area contributed by atoms with Crippen LogP contribution < -0.4 is 5.32 Å². The summed E-state index contributed by atoms with van der Waals surface area (Å²) >= 11 is 0. The van der Waals surface area contributed by atoms with E-state index in [2.05, 4.69) is 64.2 Å². The summed E-state index contributed by atoms with van der Waals surface area (Å²) in [6.45, 7) is 12.5. The van der Waals surface area contributed by atoms with Crippen LogP contribution >= 0.6 is 0 Å². The second-order valence-corrected chi connectivity index (χ2v) is 6.44. The molecule has 1 rings (SSSR count). The lowest BCUT2D eigenvalue weighted by Gasteiger charge is -2.31. The van der Waals surface area contributed by atoms with Gasteiger partial charge in [0.15, 0.2) is 0 Å². The second kappa shape index (κ2) is 7.69. The van der Waals surface area contributed by atoms with Gasteiger partial charge >= 0.3 is 0 Å². The first-order chi connectivity index (χ1) is 8.99.